The SMILES string of the molecule is C[C@@H]1CN(C(=O)/C=C/c2cccs2)C[C@]12CCN(CCN1CCCC1)C2=O. The third-order valence-corrected chi connectivity index (χ3v) is 7.42. The molecule has 4 rings (SSSR count). The minimum Gasteiger partial charge on any atom is -0.341 e. The van der Waals surface area contributed by atoms with Gasteiger partial charge in [0.25, 0.3) is 0 Å². The topological polar surface area (TPSA) is 43.9 Å². The van der Waals surface area contributed by atoms with Crippen LogP contribution in [0.25, 0.3) is 6.08 Å². The van der Waals surface area contributed by atoms with Crippen LogP contribution in [0.15, 0.2) is 23.6 Å². The van der Waals surface area contributed by atoms with Crippen LogP contribution in [0, 0.1) is 11.3 Å². The predicted molar refractivity (Wildman–Crippen MR) is 108 cm³/mol. The molecule has 0 radical (unpaired) electrons. The van der Waals surface area contributed by atoms with Crippen LogP contribution in [-0.2, 0) is 9.59 Å². The standard InChI is InChI=1S/C21H29N3O2S/c1-17-15-24(19(25)7-6-18-5-4-14-27-18)16-21(17)8-11-23(20(21)26)13-12-22-9-2-3-10-22/h4-7,14,17H,2-3,8-13,15-16H2,1H3/b7-6+/t17-,21-/m1/s1. The summed E-state index contributed by atoms with van der Waals surface area (Å²) >= 11 is 1.62. The van der Waals surface area contributed by atoms with Crippen LogP contribution in [0.2, 0.25) is 0 Å². The van der Waals surface area contributed by atoms with E-state index in [0.717, 1.165) is 30.9 Å². The summed E-state index contributed by atoms with van der Waals surface area (Å²) in [5.74, 6) is 0.517. The summed E-state index contributed by atoms with van der Waals surface area (Å²) in [7, 11) is 0. The number of hydrogen-bond acceptors (Lipinski definition) is 4. The normalized spacial score (nSPS) is 29.1. The number of hydrogen-bond donors (Lipinski definition) is 0. The first-order chi connectivity index (χ1) is 13.1. The molecule has 1 aromatic heterocycles. The zero-order valence-corrected chi connectivity index (χ0v) is 16.9. The molecule has 1 aromatic rings. The van der Waals surface area contributed by atoms with E-state index < -0.39 is 0 Å². The van der Waals surface area contributed by atoms with Gasteiger partial charge in [-0.2, -0.15) is 0 Å². The van der Waals surface area contributed by atoms with Gasteiger partial charge in [-0.05, 0) is 55.8 Å². The molecule has 27 heavy (non-hydrogen) atoms. The molecule has 3 saturated heterocycles. The van der Waals surface area contributed by atoms with E-state index in [-0.39, 0.29) is 23.1 Å². The highest BCUT2D eigenvalue weighted by Gasteiger charge is 2.55. The number of likely N-dealkylation sites (tertiary alicyclic amines) is 3. The van der Waals surface area contributed by atoms with Crippen LogP contribution in [0.4, 0.5) is 0 Å². The number of nitrogens with zero attached hydrogens (tertiary/aromatic N) is 3. The van der Waals surface area contributed by atoms with Gasteiger partial charge in [-0.1, -0.05) is 13.0 Å². The van der Waals surface area contributed by atoms with Crippen molar-refractivity contribution in [2.75, 3.05) is 45.8 Å². The van der Waals surface area contributed by atoms with Gasteiger partial charge >= 0.3 is 0 Å². The van der Waals surface area contributed by atoms with Crippen LogP contribution < -0.4 is 0 Å². The molecule has 0 saturated carbocycles. The largest absolute Gasteiger partial charge is 0.341 e. The molecule has 3 fully saturated rings. The summed E-state index contributed by atoms with van der Waals surface area (Å²) in [6, 6.07) is 3.98. The van der Waals surface area contributed by atoms with Crippen LogP contribution in [0.5, 0.6) is 0 Å². The first kappa shape index (κ1) is 18.7. The van der Waals surface area contributed by atoms with E-state index in [1.54, 1.807) is 17.4 Å². The van der Waals surface area contributed by atoms with Gasteiger partial charge in [0.2, 0.25) is 11.8 Å². The quantitative estimate of drug-likeness (QED) is 0.730. The highest BCUT2D eigenvalue weighted by Crippen LogP contribution is 2.44. The highest BCUT2D eigenvalue weighted by molar-refractivity contribution is 7.10. The lowest BCUT2D eigenvalue weighted by Gasteiger charge is -2.27. The van der Waals surface area contributed by atoms with Crippen molar-refractivity contribution in [1.29, 1.82) is 0 Å². The van der Waals surface area contributed by atoms with Gasteiger partial charge < -0.3 is 14.7 Å². The van der Waals surface area contributed by atoms with E-state index in [0.29, 0.717) is 13.1 Å². The summed E-state index contributed by atoms with van der Waals surface area (Å²) in [6.45, 7) is 8.38. The molecular weight excluding hydrogens is 358 g/mol. The summed E-state index contributed by atoms with van der Waals surface area (Å²) in [6.07, 6.45) is 6.98. The summed E-state index contributed by atoms with van der Waals surface area (Å²) in [4.78, 5) is 33.3. The summed E-state index contributed by atoms with van der Waals surface area (Å²) in [5, 5.41) is 2.00. The molecule has 0 aromatic carbocycles. The zero-order chi connectivity index (χ0) is 18.9. The molecule has 4 heterocycles. The van der Waals surface area contributed by atoms with E-state index in [4.69, 9.17) is 0 Å². The van der Waals surface area contributed by atoms with Gasteiger partial charge in [0.1, 0.15) is 0 Å². The third-order valence-electron chi connectivity index (χ3n) is 6.58. The van der Waals surface area contributed by atoms with Crippen molar-refractivity contribution in [1.82, 2.24) is 14.7 Å². The number of thiophene rings is 1. The van der Waals surface area contributed by atoms with Gasteiger partial charge in [-0.25, -0.2) is 0 Å². The molecule has 2 atom stereocenters. The Balaban J connectivity index is 1.36. The predicted octanol–water partition coefficient (Wildman–Crippen LogP) is 2.55. The molecule has 0 aliphatic carbocycles. The first-order valence-electron chi connectivity index (χ1n) is 10.1. The van der Waals surface area contributed by atoms with Crippen LogP contribution in [0.1, 0.15) is 31.1 Å². The fourth-order valence-electron chi connectivity index (χ4n) is 4.82. The minimum absolute atomic E-state index is 0.0236. The smallest absolute Gasteiger partial charge is 0.246 e. The monoisotopic (exact) mass is 387 g/mol. The van der Waals surface area contributed by atoms with Crippen molar-refractivity contribution in [3.05, 3.63) is 28.5 Å². The maximum absolute atomic E-state index is 13.2. The van der Waals surface area contributed by atoms with Gasteiger partial charge in [-0.15, -0.1) is 11.3 Å². The zero-order valence-electron chi connectivity index (χ0n) is 16.1. The molecule has 6 heteroatoms. The van der Waals surface area contributed by atoms with Crippen molar-refractivity contribution in [3.63, 3.8) is 0 Å². The van der Waals surface area contributed by atoms with Crippen molar-refractivity contribution >= 4 is 29.2 Å². The number of carbonyl (C=O) groups excluding carboxylic acids is 2. The molecule has 2 amide bonds. The highest BCUT2D eigenvalue weighted by atomic mass is 32.1. The fraction of sp³-hybridized carbons (Fsp3) is 0.619. The van der Waals surface area contributed by atoms with Gasteiger partial charge in [0.05, 0.1) is 5.41 Å². The van der Waals surface area contributed by atoms with E-state index in [9.17, 15) is 9.59 Å². The van der Waals surface area contributed by atoms with Crippen LogP contribution in [-0.4, -0.2) is 72.3 Å². The van der Waals surface area contributed by atoms with Gasteiger partial charge in [0.15, 0.2) is 0 Å². The molecule has 3 aliphatic heterocycles. The Morgan fingerprint density at radius 2 is 2.11 bits per heavy atom. The Kier molecular flexibility index (Phi) is 5.37. The van der Waals surface area contributed by atoms with Crippen LogP contribution in [0.3, 0.4) is 0 Å². The lowest BCUT2D eigenvalue weighted by Crippen LogP contribution is -2.42. The van der Waals surface area contributed by atoms with E-state index in [1.165, 1.54) is 25.9 Å². The second kappa shape index (κ2) is 7.76. The second-order valence-electron chi connectivity index (χ2n) is 8.22. The van der Waals surface area contributed by atoms with Crippen LogP contribution >= 0.6 is 11.3 Å². The summed E-state index contributed by atoms with van der Waals surface area (Å²) in [5.41, 5.74) is -0.364. The lowest BCUT2D eigenvalue weighted by molar-refractivity contribution is -0.137. The summed E-state index contributed by atoms with van der Waals surface area (Å²) < 4.78 is 0. The molecule has 1 spiro atoms. The lowest BCUT2D eigenvalue weighted by atomic mass is 9.78. The van der Waals surface area contributed by atoms with Gasteiger partial charge in [-0.3, -0.25) is 9.59 Å². The van der Waals surface area contributed by atoms with E-state index in [1.807, 2.05) is 33.4 Å². The maximum atomic E-state index is 13.2. The Bertz CT molecular complexity index is 711. The Hall–Kier alpha value is -1.66. The third kappa shape index (κ3) is 3.69. The number of carbonyl (C=O) groups is 2. The first-order valence-corrected chi connectivity index (χ1v) is 11.0. The second-order valence-corrected chi connectivity index (χ2v) is 9.19. The van der Waals surface area contributed by atoms with Crippen molar-refractivity contribution in [2.45, 2.75) is 26.2 Å². The fourth-order valence-corrected chi connectivity index (χ4v) is 5.44. The van der Waals surface area contributed by atoms with Gasteiger partial charge in [0, 0.05) is 43.7 Å². The Morgan fingerprint density at radius 3 is 2.85 bits per heavy atom. The molecule has 146 valence electrons. The average molecular weight is 388 g/mol. The molecule has 5 nitrogen and oxygen atoms in total. The molecule has 3 aliphatic rings. The number of amides is 2. The molecule has 0 N–H and O–H groups in total. The van der Waals surface area contributed by atoms with Crippen molar-refractivity contribution in [3.8, 4) is 0 Å². The van der Waals surface area contributed by atoms with E-state index in [2.05, 4.69) is 11.8 Å². The molecular formula is C21H29N3O2S. The van der Waals surface area contributed by atoms with Crippen molar-refractivity contribution < 1.29 is 9.59 Å². The van der Waals surface area contributed by atoms with E-state index >= 15 is 0 Å². The molecule has 0 unspecified atom stereocenters. The number of rotatable bonds is 5. The maximum Gasteiger partial charge on any atom is 0.246 e. The minimum atomic E-state index is -0.364. The Labute approximate surface area is 165 Å². The van der Waals surface area contributed by atoms with Crippen molar-refractivity contribution in [2.24, 2.45) is 11.3 Å². The average Bonchev–Trinajstić information content (AvgIpc) is 3.44. The Morgan fingerprint density at radius 1 is 1.30 bits per heavy atom. The molecule has 0 bridgehead atoms.